The van der Waals surface area contributed by atoms with E-state index in [1.165, 1.54) is 12.1 Å². The molecule has 0 unspecified atom stereocenters. The number of thiophene rings is 2. The highest BCUT2D eigenvalue weighted by atomic mass is 32.2. The van der Waals surface area contributed by atoms with Crippen molar-refractivity contribution in [2.75, 3.05) is 4.90 Å². The van der Waals surface area contributed by atoms with Gasteiger partial charge >= 0.3 is 15.6 Å². The first kappa shape index (κ1) is 34.8. The van der Waals surface area contributed by atoms with E-state index in [9.17, 15) is 21.6 Å². The Kier molecular flexibility index (Phi) is 7.69. The third-order valence-corrected chi connectivity index (χ3v) is 13.8. The van der Waals surface area contributed by atoms with Crippen LogP contribution in [-0.4, -0.2) is 13.9 Å². The summed E-state index contributed by atoms with van der Waals surface area (Å²) in [4.78, 5) is 1.85. The van der Waals surface area contributed by atoms with Gasteiger partial charge < -0.3 is 13.5 Å². The number of hydrogen-bond donors (Lipinski definition) is 0. The summed E-state index contributed by atoms with van der Waals surface area (Å²) < 4.78 is 82.7. The minimum atomic E-state index is -6.03. The zero-order valence-electron chi connectivity index (χ0n) is 29.9. The van der Waals surface area contributed by atoms with Gasteiger partial charge in [0.15, 0.2) is 5.58 Å². The molecule has 0 radical (unpaired) electrons. The van der Waals surface area contributed by atoms with Gasteiger partial charge in [0.2, 0.25) is 0 Å². The number of alkyl halides is 3. The lowest BCUT2D eigenvalue weighted by Gasteiger charge is -2.26. The van der Waals surface area contributed by atoms with Crippen molar-refractivity contribution in [1.29, 1.82) is 0 Å². The molecule has 0 fully saturated rings. The molecule has 0 aliphatic carbocycles. The second-order valence-electron chi connectivity index (χ2n) is 14.0. The van der Waals surface area contributed by atoms with Crippen LogP contribution in [0.15, 0.2) is 162 Å². The SMILES string of the molecule is O=S(=O)(Oc1cc(N(c2ccccc2)c2ccc3sc4ccccc4c3c2)c2oc3ccc(-c4cccc5sc6cc7ccccc7cc6c45)cc3c2c1)C(F)(F)F. The van der Waals surface area contributed by atoms with Gasteiger partial charge in [-0.05, 0) is 94.7 Å². The maximum atomic E-state index is 13.9. The Bertz CT molecular complexity index is 3570. The first-order chi connectivity index (χ1) is 28.1. The van der Waals surface area contributed by atoms with Crippen LogP contribution in [0.1, 0.15) is 0 Å². The molecule has 3 heterocycles. The van der Waals surface area contributed by atoms with Gasteiger partial charge in [-0.15, -0.1) is 22.7 Å². The van der Waals surface area contributed by atoms with E-state index in [-0.39, 0.29) is 0 Å². The van der Waals surface area contributed by atoms with E-state index in [4.69, 9.17) is 8.60 Å². The molecule has 0 N–H and O–H groups in total. The Morgan fingerprint density at radius 2 is 1.28 bits per heavy atom. The van der Waals surface area contributed by atoms with Gasteiger partial charge in [0, 0.05) is 68.6 Å². The topological polar surface area (TPSA) is 59.8 Å². The Morgan fingerprint density at radius 3 is 2.10 bits per heavy atom. The third kappa shape index (κ3) is 5.53. The van der Waals surface area contributed by atoms with E-state index < -0.39 is 21.4 Å². The van der Waals surface area contributed by atoms with E-state index in [1.54, 1.807) is 22.7 Å². The fraction of sp³-hybridized carbons (Fsp3) is 0.0213. The van der Waals surface area contributed by atoms with Crippen molar-refractivity contribution in [3.8, 4) is 16.9 Å². The second kappa shape index (κ2) is 12.8. The standard InChI is InChI=1S/C47H26F3NO4S3/c48-47(49,50)58(52,53)55-32-25-37-35-22-29(33-14-8-16-43-45(33)38-21-27-9-4-5-10-28(27)23-44(38)57-43)17-19-40(35)54-46(37)39(26-32)51(30-11-2-1-3-12-30)31-18-20-42-36(24-31)34-13-6-7-15-41(34)56-42/h1-26H. The molecule has 0 atom stereocenters. The molecule has 0 spiro atoms. The van der Waals surface area contributed by atoms with Crippen LogP contribution in [-0.2, 0) is 10.1 Å². The van der Waals surface area contributed by atoms with Crippen LogP contribution in [0.2, 0.25) is 0 Å². The van der Waals surface area contributed by atoms with Crippen LogP contribution in [0.3, 0.4) is 0 Å². The van der Waals surface area contributed by atoms with Crippen LogP contribution in [0.5, 0.6) is 5.75 Å². The van der Waals surface area contributed by atoms with E-state index in [0.717, 1.165) is 62.2 Å². The van der Waals surface area contributed by atoms with Gasteiger partial charge in [0.25, 0.3) is 0 Å². The number of nitrogens with zero attached hydrogens (tertiary/aromatic N) is 1. The van der Waals surface area contributed by atoms with Crippen LogP contribution in [0, 0.1) is 0 Å². The van der Waals surface area contributed by atoms with Crippen LogP contribution in [0.4, 0.5) is 30.2 Å². The summed E-state index contributed by atoms with van der Waals surface area (Å²) in [5, 5.41) is 7.53. The van der Waals surface area contributed by atoms with Crippen molar-refractivity contribution in [1.82, 2.24) is 0 Å². The molecule has 0 aliphatic rings. The molecule has 0 saturated carbocycles. The maximum absolute atomic E-state index is 13.9. The molecule has 58 heavy (non-hydrogen) atoms. The Balaban J connectivity index is 1.17. The van der Waals surface area contributed by atoms with E-state index in [1.807, 2.05) is 102 Å². The minimum Gasteiger partial charge on any atom is -0.454 e. The Labute approximate surface area is 336 Å². The maximum Gasteiger partial charge on any atom is 0.534 e. The molecule has 282 valence electrons. The number of furan rings is 1. The van der Waals surface area contributed by atoms with Crippen LogP contribution >= 0.6 is 22.7 Å². The van der Waals surface area contributed by atoms with Gasteiger partial charge in [-0.1, -0.05) is 78.9 Å². The first-order valence-corrected chi connectivity index (χ1v) is 21.3. The predicted octanol–water partition coefficient (Wildman–Crippen LogP) is 14.8. The zero-order valence-corrected chi connectivity index (χ0v) is 32.4. The summed E-state index contributed by atoms with van der Waals surface area (Å²) in [6, 6.07) is 50.6. The van der Waals surface area contributed by atoms with Gasteiger partial charge in [0.1, 0.15) is 11.3 Å². The fourth-order valence-electron chi connectivity index (χ4n) is 8.00. The number of hydrogen-bond acceptors (Lipinski definition) is 7. The molecular weight excluding hydrogens is 796 g/mol. The molecule has 11 aromatic rings. The summed E-state index contributed by atoms with van der Waals surface area (Å²) in [6.45, 7) is 0. The molecule has 5 nitrogen and oxygen atoms in total. The number of fused-ring (bicyclic) bond motifs is 10. The molecule has 0 bridgehead atoms. The highest BCUT2D eigenvalue weighted by Gasteiger charge is 2.48. The molecule has 0 aliphatic heterocycles. The normalized spacial score (nSPS) is 12.5. The second-order valence-corrected chi connectivity index (χ2v) is 17.7. The van der Waals surface area contributed by atoms with Crippen LogP contribution < -0.4 is 9.08 Å². The third-order valence-electron chi connectivity index (χ3n) is 10.6. The lowest BCUT2D eigenvalue weighted by atomic mass is 9.97. The first-order valence-electron chi connectivity index (χ1n) is 18.2. The summed E-state index contributed by atoms with van der Waals surface area (Å²) in [7, 11) is -6.03. The highest BCUT2D eigenvalue weighted by molar-refractivity contribution is 7.88. The van der Waals surface area contributed by atoms with E-state index >= 15 is 0 Å². The quantitative estimate of drug-likeness (QED) is 0.123. The van der Waals surface area contributed by atoms with Gasteiger partial charge in [-0.2, -0.15) is 21.6 Å². The summed E-state index contributed by atoms with van der Waals surface area (Å²) >= 11 is 3.38. The molecular formula is C47H26F3NO4S3. The van der Waals surface area contributed by atoms with Gasteiger partial charge in [-0.3, -0.25) is 0 Å². The number of anilines is 3. The van der Waals surface area contributed by atoms with Crippen molar-refractivity contribution in [3.05, 3.63) is 158 Å². The highest BCUT2D eigenvalue weighted by Crippen LogP contribution is 2.48. The largest absolute Gasteiger partial charge is 0.534 e. The van der Waals surface area contributed by atoms with Crippen molar-refractivity contribution < 1.29 is 30.2 Å². The number of halogens is 3. The molecule has 11 heteroatoms. The molecule has 8 aromatic carbocycles. The average molecular weight is 822 g/mol. The fourth-order valence-corrected chi connectivity index (χ4v) is 10.7. The Morgan fingerprint density at radius 1 is 0.552 bits per heavy atom. The lowest BCUT2D eigenvalue weighted by molar-refractivity contribution is -0.0500. The lowest BCUT2D eigenvalue weighted by Crippen LogP contribution is -2.28. The number of benzene rings is 8. The number of para-hydroxylation sites is 1. The predicted molar refractivity (Wildman–Crippen MR) is 233 cm³/mol. The number of rotatable bonds is 6. The summed E-state index contributed by atoms with van der Waals surface area (Å²) in [6.07, 6.45) is 0. The average Bonchev–Trinajstić information content (AvgIpc) is 3.90. The van der Waals surface area contributed by atoms with Crippen molar-refractivity contribution in [2.24, 2.45) is 0 Å². The van der Waals surface area contributed by atoms with Crippen molar-refractivity contribution in [3.63, 3.8) is 0 Å². The van der Waals surface area contributed by atoms with E-state index in [0.29, 0.717) is 39.0 Å². The molecule has 0 saturated heterocycles. The molecule has 11 rings (SSSR count). The molecule has 0 amide bonds. The van der Waals surface area contributed by atoms with Crippen LogP contribution in [0.25, 0.3) is 84.2 Å². The Hall–Kier alpha value is -6.40. The van der Waals surface area contributed by atoms with E-state index in [2.05, 4.69) is 48.5 Å². The van der Waals surface area contributed by atoms with Gasteiger partial charge in [-0.25, -0.2) is 0 Å². The van der Waals surface area contributed by atoms with Crippen molar-refractivity contribution in [2.45, 2.75) is 5.51 Å². The monoisotopic (exact) mass is 821 g/mol. The minimum absolute atomic E-state index is 0.297. The van der Waals surface area contributed by atoms with Gasteiger partial charge in [0.05, 0.1) is 5.69 Å². The zero-order chi connectivity index (χ0) is 39.3. The summed E-state index contributed by atoms with van der Waals surface area (Å²) in [5.74, 6) is -0.506. The summed E-state index contributed by atoms with van der Waals surface area (Å²) in [5.41, 5.74) is -1.35. The molecule has 3 aromatic heterocycles. The smallest absolute Gasteiger partial charge is 0.454 e. The van der Waals surface area contributed by atoms with Crippen molar-refractivity contribution >= 4 is 123 Å².